The zero-order valence-corrected chi connectivity index (χ0v) is 11.1. The smallest absolute Gasteiger partial charge is 0.0644 e. The van der Waals surface area contributed by atoms with E-state index in [0.717, 1.165) is 24.4 Å². The first kappa shape index (κ1) is 13.0. The SMILES string of the molecule is C=C(C)CNC(C)c1c(C)nn(CC)c1C. The average Bonchev–Trinajstić information content (AvgIpc) is 2.50. The summed E-state index contributed by atoms with van der Waals surface area (Å²) in [7, 11) is 0. The highest BCUT2D eigenvalue weighted by Crippen LogP contribution is 2.21. The van der Waals surface area contributed by atoms with E-state index in [2.05, 4.69) is 49.4 Å². The van der Waals surface area contributed by atoms with Gasteiger partial charge in [0.1, 0.15) is 0 Å². The Kier molecular flexibility index (Phi) is 4.30. The van der Waals surface area contributed by atoms with Crippen LogP contribution < -0.4 is 5.32 Å². The van der Waals surface area contributed by atoms with Gasteiger partial charge < -0.3 is 5.32 Å². The Labute approximate surface area is 98.5 Å². The highest BCUT2D eigenvalue weighted by atomic mass is 15.3. The van der Waals surface area contributed by atoms with Crippen LogP contribution in [0.1, 0.15) is 43.8 Å². The molecule has 0 aromatic carbocycles. The number of nitrogens with one attached hydrogen (secondary N) is 1. The van der Waals surface area contributed by atoms with Crippen LogP contribution in [0.4, 0.5) is 0 Å². The Hall–Kier alpha value is -1.09. The maximum Gasteiger partial charge on any atom is 0.0644 e. The molecule has 0 spiro atoms. The molecule has 1 rings (SSSR count). The van der Waals surface area contributed by atoms with Crippen molar-refractivity contribution >= 4 is 0 Å². The summed E-state index contributed by atoms with van der Waals surface area (Å²) in [4.78, 5) is 0. The second-order valence-corrected chi connectivity index (χ2v) is 4.46. The van der Waals surface area contributed by atoms with Gasteiger partial charge in [-0.2, -0.15) is 5.10 Å². The molecule has 0 fully saturated rings. The lowest BCUT2D eigenvalue weighted by atomic mass is 10.1. The molecule has 0 saturated carbocycles. The Balaban J connectivity index is 2.86. The second kappa shape index (κ2) is 5.30. The maximum atomic E-state index is 4.53. The lowest BCUT2D eigenvalue weighted by Gasteiger charge is -2.14. The summed E-state index contributed by atoms with van der Waals surface area (Å²) in [6.45, 7) is 16.2. The third-order valence-corrected chi connectivity index (χ3v) is 2.88. The van der Waals surface area contributed by atoms with Gasteiger partial charge in [0, 0.05) is 30.4 Å². The number of aromatic nitrogens is 2. The van der Waals surface area contributed by atoms with Gasteiger partial charge in [0.05, 0.1) is 5.69 Å². The molecule has 1 N–H and O–H groups in total. The van der Waals surface area contributed by atoms with E-state index in [0.29, 0.717) is 6.04 Å². The number of aryl methyl sites for hydroxylation is 2. The summed E-state index contributed by atoms with van der Waals surface area (Å²) in [5.74, 6) is 0. The van der Waals surface area contributed by atoms with E-state index in [-0.39, 0.29) is 0 Å². The molecule has 1 heterocycles. The number of hydrogen-bond donors (Lipinski definition) is 1. The Bertz CT molecular complexity index is 377. The van der Waals surface area contributed by atoms with Crippen LogP contribution in [0.5, 0.6) is 0 Å². The van der Waals surface area contributed by atoms with Gasteiger partial charge in [0.25, 0.3) is 0 Å². The van der Waals surface area contributed by atoms with Crippen LogP contribution in [0.3, 0.4) is 0 Å². The van der Waals surface area contributed by atoms with Crippen LogP contribution in [0, 0.1) is 13.8 Å². The molecule has 0 bridgehead atoms. The van der Waals surface area contributed by atoms with Crippen molar-refractivity contribution in [1.82, 2.24) is 15.1 Å². The topological polar surface area (TPSA) is 29.9 Å². The van der Waals surface area contributed by atoms with Crippen molar-refractivity contribution in [3.05, 3.63) is 29.1 Å². The largest absolute Gasteiger partial charge is 0.306 e. The summed E-state index contributed by atoms with van der Waals surface area (Å²) >= 11 is 0. The number of hydrogen-bond acceptors (Lipinski definition) is 2. The summed E-state index contributed by atoms with van der Waals surface area (Å²) in [6, 6.07) is 0.331. The summed E-state index contributed by atoms with van der Waals surface area (Å²) < 4.78 is 2.06. The maximum absolute atomic E-state index is 4.53. The third-order valence-electron chi connectivity index (χ3n) is 2.88. The molecule has 16 heavy (non-hydrogen) atoms. The van der Waals surface area contributed by atoms with Gasteiger partial charge in [-0.1, -0.05) is 12.2 Å². The first-order valence-electron chi connectivity index (χ1n) is 5.89. The van der Waals surface area contributed by atoms with Crippen molar-refractivity contribution in [3.8, 4) is 0 Å². The van der Waals surface area contributed by atoms with Gasteiger partial charge in [-0.05, 0) is 34.6 Å². The summed E-state index contributed by atoms with van der Waals surface area (Å²) in [6.07, 6.45) is 0. The van der Waals surface area contributed by atoms with Gasteiger partial charge in [0.2, 0.25) is 0 Å². The molecule has 3 heteroatoms. The molecule has 0 aliphatic carbocycles. The molecule has 0 aliphatic heterocycles. The monoisotopic (exact) mass is 221 g/mol. The standard InChI is InChI=1S/C13H23N3/c1-7-16-12(6)13(11(5)15-16)10(4)14-8-9(2)3/h10,14H,2,7-8H2,1,3-6H3. The fourth-order valence-electron chi connectivity index (χ4n) is 2.07. The Morgan fingerprint density at radius 1 is 1.50 bits per heavy atom. The van der Waals surface area contributed by atoms with Crippen LogP contribution in [-0.4, -0.2) is 16.3 Å². The lowest BCUT2D eigenvalue weighted by molar-refractivity contribution is 0.595. The highest BCUT2D eigenvalue weighted by Gasteiger charge is 2.16. The fourth-order valence-corrected chi connectivity index (χ4v) is 2.07. The van der Waals surface area contributed by atoms with Crippen molar-refractivity contribution in [3.63, 3.8) is 0 Å². The molecule has 1 aromatic heterocycles. The normalized spacial score (nSPS) is 12.8. The molecule has 0 amide bonds. The van der Waals surface area contributed by atoms with Gasteiger partial charge in [0.15, 0.2) is 0 Å². The molecule has 1 aromatic rings. The van der Waals surface area contributed by atoms with Crippen LogP contribution in [0.25, 0.3) is 0 Å². The van der Waals surface area contributed by atoms with E-state index in [9.17, 15) is 0 Å². The first-order chi connectivity index (χ1) is 7.47. The minimum Gasteiger partial charge on any atom is -0.306 e. The van der Waals surface area contributed by atoms with Crippen molar-refractivity contribution < 1.29 is 0 Å². The van der Waals surface area contributed by atoms with Crippen LogP contribution in [0.15, 0.2) is 12.2 Å². The molecule has 0 radical (unpaired) electrons. The number of rotatable bonds is 5. The Morgan fingerprint density at radius 2 is 2.12 bits per heavy atom. The molecule has 1 unspecified atom stereocenters. The summed E-state index contributed by atoms with van der Waals surface area (Å²) in [5.41, 5.74) is 4.87. The first-order valence-corrected chi connectivity index (χ1v) is 5.89. The van der Waals surface area contributed by atoms with E-state index in [1.807, 2.05) is 6.92 Å². The van der Waals surface area contributed by atoms with E-state index >= 15 is 0 Å². The minimum atomic E-state index is 0.331. The second-order valence-electron chi connectivity index (χ2n) is 4.46. The van der Waals surface area contributed by atoms with Crippen LogP contribution in [0.2, 0.25) is 0 Å². The van der Waals surface area contributed by atoms with Gasteiger partial charge in [-0.25, -0.2) is 0 Å². The molecule has 0 saturated heterocycles. The quantitative estimate of drug-likeness (QED) is 0.775. The van der Waals surface area contributed by atoms with Gasteiger partial charge >= 0.3 is 0 Å². The molecular weight excluding hydrogens is 198 g/mol. The predicted molar refractivity (Wildman–Crippen MR) is 68.6 cm³/mol. The zero-order valence-electron chi connectivity index (χ0n) is 11.1. The van der Waals surface area contributed by atoms with E-state index in [4.69, 9.17) is 0 Å². The van der Waals surface area contributed by atoms with Crippen molar-refractivity contribution in [2.75, 3.05) is 6.54 Å². The van der Waals surface area contributed by atoms with Crippen molar-refractivity contribution in [2.24, 2.45) is 0 Å². The van der Waals surface area contributed by atoms with Gasteiger partial charge in [-0.15, -0.1) is 0 Å². The van der Waals surface area contributed by atoms with Crippen molar-refractivity contribution in [1.29, 1.82) is 0 Å². The molecule has 1 atom stereocenters. The lowest BCUT2D eigenvalue weighted by Crippen LogP contribution is -2.21. The fraction of sp³-hybridized carbons (Fsp3) is 0.615. The van der Waals surface area contributed by atoms with E-state index < -0.39 is 0 Å². The number of nitrogens with zero attached hydrogens (tertiary/aromatic N) is 2. The molecular formula is C13H23N3. The van der Waals surface area contributed by atoms with Crippen LogP contribution >= 0.6 is 0 Å². The minimum absolute atomic E-state index is 0.331. The predicted octanol–water partition coefficient (Wildman–Crippen LogP) is 2.75. The Morgan fingerprint density at radius 3 is 2.56 bits per heavy atom. The highest BCUT2D eigenvalue weighted by molar-refractivity contribution is 5.27. The summed E-state index contributed by atoms with van der Waals surface area (Å²) in [5, 5.41) is 8.00. The van der Waals surface area contributed by atoms with E-state index in [1.54, 1.807) is 0 Å². The molecule has 90 valence electrons. The third kappa shape index (κ3) is 2.73. The molecule has 0 aliphatic rings. The van der Waals surface area contributed by atoms with Crippen LogP contribution in [-0.2, 0) is 6.54 Å². The molecule has 3 nitrogen and oxygen atoms in total. The van der Waals surface area contributed by atoms with Gasteiger partial charge in [-0.3, -0.25) is 4.68 Å². The average molecular weight is 221 g/mol. The van der Waals surface area contributed by atoms with Crippen molar-refractivity contribution in [2.45, 2.75) is 47.2 Å². The zero-order chi connectivity index (χ0) is 12.3. The van der Waals surface area contributed by atoms with E-state index in [1.165, 1.54) is 11.3 Å².